The highest BCUT2D eigenvalue weighted by molar-refractivity contribution is 7.15. The van der Waals surface area contributed by atoms with Crippen molar-refractivity contribution >= 4 is 51.3 Å². The minimum atomic E-state index is -0.189. The maximum atomic E-state index is 12.2. The number of carbonyl (C=O) groups excluding carboxylic acids is 1. The van der Waals surface area contributed by atoms with Gasteiger partial charge in [0.15, 0.2) is 5.13 Å². The lowest BCUT2D eigenvalue weighted by atomic mass is 10.1. The minimum Gasteiger partial charge on any atom is -0.495 e. The number of rotatable bonds is 7. The lowest BCUT2D eigenvalue weighted by Crippen LogP contribution is -2.21. The predicted molar refractivity (Wildman–Crippen MR) is 111 cm³/mol. The Morgan fingerprint density at radius 1 is 1.22 bits per heavy atom. The van der Waals surface area contributed by atoms with Gasteiger partial charge in [-0.25, -0.2) is 4.98 Å². The molecule has 0 aliphatic heterocycles. The Hall–Kier alpha value is -2.28. The molecule has 0 saturated heterocycles. The van der Waals surface area contributed by atoms with Crippen LogP contribution in [0.4, 0.5) is 10.8 Å². The quantitative estimate of drug-likeness (QED) is 0.556. The number of amides is 1. The fourth-order valence-corrected chi connectivity index (χ4v) is 3.76. The highest BCUT2D eigenvalue weighted by Crippen LogP contribution is 2.27. The van der Waals surface area contributed by atoms with Gasteiger partial charge in [-0.3, -0.25) is 4.79 Å². The Kier molecular flexibility index (Phi) is 6.55. The lowest BCUT2D eigenvalue weighted by molar-refractivity contribution is -0.114. The first-order valence-corrected chi connectivity index (χ1v) is 9.68. The summed E-state index contributed by atoms with van der Waals surface area (Å²) in [6, 6.07) is 12.8. The molecule has 2 N–H and O–H groups in total. The van der Waals surface area contributed by atoms with E-state index in [0.717, 1.165) is 16.1 Å². The summed E-state index contributed by atoms with van der Waals surface area (Å²) in [4.78, 5) is 17.4. The average molecular weight is 422 g/mol. The van der Waals surface area contributed by atoms with Gasteiger partial charge in [-0.2, -0.15) is 0 Å². The van der Waals surface area contributed by atoms with Crippen LogP contribution in [0, 0.1) is 0 Å². The number of methoxy groups -OCH3 is 1. The summed E-state index contributed by atoms with van der Waals surface area (Å²) < 4.78 is 5.25. The number of thiazole rings is 1. The van der Waals surface area contributed by atoms with Crippen molar-refractivity contribution in [1.29, 1.82) is 0 Å². The van der Waals surface area contributed by atoms with Crippen molar-refractivity contribution in [3.63, 3.8) is 0 Å². The van der Waals surface area contributed by atoms with Crippen LogP contribution in [-0.4, -0.2) is 24.5 Å². The number of anilines is 2. The summed E-state index contributed by atoms with van der Waals surface area (Å²) in [6.07, 6.45) is 2.36. The number of benzene rings is 2. The number of halogens is 2. The summed E-state index contributed by atoms with van der Waals surface area (Å²) >= 11 is 13.5. The number of nitrogens with zero attached hydrogens (tertiary/aromatic N) is 1. The largest absolute Gasteiger partial charge is 0.495 e. The highest BCUT2D eigenvalue weighted by atomic mass is 35.5. The molecule has 0 aliphatic rings. The van der Waals surface area contributed by atoms with Crippen molar-refractivity contribution in [2.75, 3.05) is 24.3 Å². The van der Waals surface area contributed by atoms with Gasteiger partial charge in [0.05, 0.1) is 19.3 Å². The van der Waals surface area contributed by atoms with Crippen LogP contribution in [0.5, 0.6) is 5.75 Å². The third-order valence-corrected chi connectivity index (χ3v) is 5.23. The molecular weight excluding hydrogens is 405 g/mol. The molecule has 8 heteroatoms. The third-order valence-electron chi connectivity index (χ3n) is 3.73. The molecule has 2 aromatic carbocycles. The van der Waals surface area contributed by atoms with Gasteiger partial charge in [0.2, 0.25) is 5.91 Å². The molecular formula is C19H17Cl2N3O2S. The van der Waals surface area contributed by atoms with Crippen molar-refractivity contribution in [2.45, 2.75) is 6.42 Å². The number of para-hydroxylation sites is 2. The number of nitrogens with one attached hydrogen (secondary N) is 2. The molecule has 0 spiro atoms. The van der Waals surface area contributed by atoms with Gasteiger partial charge >= 0.3 is 0 Å². The standard InChI is InChI=1S/C19H17Cl2N3O2S/c1-26-17-5-3-2-4-16(17)22-11-18(25)24-19-23-10-14(27-19)8-12-6-7-13(20)9-15(12)21/h2-7,9-10,22H,8,11H2,1H3,(H,23,24,25). The Balaban J connectivity index is 1.56. The molecule has 27 heavy (non-hydrogen) atoms. The van der Waals surface area contributed by atoms with E-state index in [1.165, 1.54) is 11.3 Å². The van der Waals surface area contributed by atoms with Crippen molar-refractivity contribution in [3.05, 3.63) is 69.1 Å². The Morgan fingerprint density at radius 2 is 2.04 bits per heavy atom. The first-order valence-electron chi connectivity index (χ1n) is 8.10. The van der Waals surface area contributed by atoms with E-state index in [9.17, 15) is 4.79 Å². The number of ether oxygens (including phenoxy) is 1. The van der Waals surface area contributed by atoms with Crippen molar-refractivity contribution < 1.29 is 9.53 Å². The second-order valence-electron chi connectivity index (χ2n) is 5.65. The maximum absolute atomic E-state index is 12.2. The molecule has 0 unspecified atom stereocenters. The van der Waals surface area contributed by atoms with Crippen LogP contribution in [0.3, 0.4) is 0 Å². The van der Waals surface area contributed by atoms with Gasteiger partial charge in [0.25, 0.3) is 0 Å². The second kappa shape index (κ2) is 9.08. The fraction of sp³-hybridized carbons (Fsp3) is 0.158. The molecule has 0 bridgehead atoms. The van der Waals surface area contributed by atoms with E-state index < -0.39 is 0 Å². The zero-order valence-corrected chi connectivity index (χ0v) is 16.8. The minimum absolute atomic E-state index is 0.109. The van der Waals surface area contributed by atoms with Crippen molar-refractivity contribution in [2.24, 2.45) is 0 Å². The van der Waals surface area contributed by atoms with E-state index in [1.807, 2.05) is 30.3 Å². The lowest BCUT2D eigenvalue weighted by Gasteiger charge is -2.10. The Labute approximate surface area is 171 Å². The first kappa shape index (κ1) is 19.5. The summed E-state index contributed by atoms with van der Waals surface area (Å²) in [7, 11) is 1.59. The molecule has 0 radical (unpaired) electrons. The predicted octanol–water partition coefficient (Wildman–Crippen LogP) is 5.10. The van der Waals surface area contributed by atoms with E-state index >= 15 is 0 Å². The number of hydrogen-bond donors (Lipinski definition) is 2. The van der Waals surface area contributed by atoms with Gasteiger partial charge in [0, 0.05) is 27.5 Å². The molecule has 0 aliphatic carbocycles. The van der Waals surface area contributed by atoms with Gasteiger partial charge in [0.1, 0.15) is 5.75 Å². The second-order valence-corrected chi connectivity index (χ2v) is 7.61. The van der Waals surface area contributed by atoms with Crippen LogP contribution in [0.25, 0.3) is 0 Å². The SMILES string of the molecule is COc1ccccc1NCC(=O)Nc1ncc(Cc2ccc(Cl)cc2Cl)s1. The van der Waals surface area contributed by atoms with Crippen LogP contribution in [0.1, 0.15) is 10.4 Å². The van der Waals surface area contributed by atoms with Gasteiger partial charge < -0.3 is 15.4 Å². The topological polar surface area (TPSA) is 63.2 Å². The molecule has 1 aromatic heterocycles. The highest BCUT2D eigenvalue weighted by Gasteiger charge is 2.10. The number of carbonyl (C=O) groups is 1. The van der Waals surface area contributed by atoms with E-state index in [1.54, 1.807) is 25.4 Å². The normalized spacial score (nSPS) is 10.5. The van der Waals surface area contributed by atoms with Gasteiger partial charge in [-0.15, -0.1) is 11.3 Å². The molecule has 0 fully saturated rings. The first-order chi connectivity index (χ1) is 13.0. The van der Waals surface area contributed by atoms with E-state index in [2.05, 4.69) is 15.6 Å². The zero-order chi connectivity index (χ0) is 19.2. The van der Waals surface area contributed by atoms with Crippen molar-refractivity contribution in [1.82, 2.24) is 4.98 Å². The van der Waals surface area contributed by atoms with E-state index in [-0.39, 0.29) is 12.5 Å². The van der Waals surface area contributed by atoms with Crippen molar-refractivity contribution in [3.8, 4) is 5.75 Å². The Bertz CT molecular complexity index is 946. The number of hydrogen-bond acceptors (Lipinski definition) is 5. The maximum Gasteiger partial charge on any atom is 0.245 e. The van der Waals surface area contributed by atoms with Crippen LogP contribution in [0.15, 0.2) is 48.7 Å². The van der Waals surface area contributed by atoms with E-state index in [4.69, 9.17) is 27.9 Å². The molecule has 1 heterocycles. The van der Waals surface area contributed by atoms with Crippen LogP contribution >= 0.6 is 34.5 Å². The molecule has 3 aromatic rings. The Morgan fingerprint density at radius 3 is 2.81 bits per heavy atom. The smallest absolute Gasteiger partial charge is 0.245 e. The molecule has 3 rings (SSSR count). The molecule has 1 amide bonds. The van der Waals surface area contributed by atoms with Crippen LogP contribution < -0.4 is 15.4 Å². The monoisotopic (exact) mass is 421 g/mol. The average Bonchev–Trinajstić information content (AvgIpc) is 3.09. The van der Waals surface area contributed by atoms with Gasteiger partial charge in [-0.1, -0.05) is 41.4 Å². The molecule has 0 atom stereocenters. The van der Waals surface area contributed by atoms with Crippen LogP contribution in [0.2, 0.25) is 10.0 Å². The van der Waals surface area contributed by atoms with Gasteiger partial charge in [-0.05, 0) is 29.8 Å². The summed E-state index contributed by atoms with van der Waals surface area (Å²) in [5.41, 5.74) is 1.72. The fourth-order valence-electron chi connectivity index (χ4n) is 2.43. The number of aromatic nitrogens is 1. The molecule has 140 valence electrons. The molecule has 0 saturated carbocycles. The van der Waals surface area contributed by atoms with E-state index in [0.29, 0.717) is 27.3 Å². The summed E-state index contributed by atoms with van der Waals surface area (Å²) in [5, 5.41) is 7.60. The summed E-state index contributed by atoms with van der Waals surface area (Å²) in [5.74, 6) is 0.494. The third kappa shape index (κ3) is 5.35. The van der Waals surface area contributed by atoms with Crippen LogP contribution in [-0.2, 0) is 11.2 Å². The molecule has 5 nitrogen and oxygen atoms in total. The summed E-state index contributed by atoms with van der Waals surface area (Å²) in [6.45, 7) is 0.109. The zero-order valence-electron chi connectivity index (χ0n) is 14.5.